The second kappa shape index (κ2) is 5.75. The molecule has 3 unspecified atom stereocenters. The van der Waals surface area contributed by atoms with Crippen LogP contribution in [-0.2, 0) is 5.60 Å². The third-order valence-corrected chi connectivity index (χ3v) is 5.18. The zero-order valence-electron chi connectivity index (χ0n) is 13.5. The largest absolute Gasteiger partial charge is 0.466 e. The Labute approximate surface area is 127 Å². The van der Waals surface area contributed by atoms with Crippen LogP contribution in [0.25, 0.3) is 0 Å². The molecule has 0 bridgehead atoms. The van der Waals surface area contributed by atoms with Crippen molar-refractivity contribution in [2.75, 3.05) is 19.6 Å². The normalized spacial score (nSPS) is 29.3. The summed E-state index contributed by atoms with van der Waals surface area (Å²) in [6.07, 6.45) is 5.10. The molecule has 3 heterocycles. The van der Waals surface area contributed by atoms with E-state index in [1.165, 1.54) is 38.8 Å². The summed E-state index contributed by atoms with van der Waals surface area (Å²) >= 11 is 0. The van der Waals surface area contributed by atoms with Gasteiger partial charge < -0.3 is 19.7 Å². The predicted octanol–water partition coefficient (Wildman–Crippen LogP) is 2.32. The van der Waals surface area contributed by atoms with Crippen LogP contribution in [0.5, 0.6) is 0 Å². The Morgan fingerprint density at radius 2 is 2.19 bits per heavy atom. The summed E-state index contributed by atoms with van der Waals surface area (Å²) in [7, 11) is 0. The molecule has 0 amide bonds. The number of nitrogens with zero attached hydrogens (tertiary/aromatic N) is 1. The number of rotatable bonds is 4. The number of aliphatic hydroxyl groups is 1. The molecule has 0 spiro atoms. The Morgan fingerprint density at radius 1 is 1.38 bits per heavy atom. The van der Waals surface area contributed by atoms with Crippen LogP contribution < -0.4 is 5.32 Å². The molecular weight excluding hydrogens is 264 g/mol. The Balaban J connectivity index is 1.58. The van der Waals surface area contributed by atoms with E-state index in [1.807, 2.05) is 26.8 Å². The second-order valence-corrected chi connectivity index (χ2v) is 7.03. The zero-order valence-corrected chi connectivity index (χ0v) is 13.5. The fraction of sp³-hybridized carbons (Fsp3) is 0.765. The summed E-state index contributed by atoms with van der Waals surface area (Å²) in [4.78, 5) is 2.62. The molecular formula is C17H28N2O2. The summed E-state index contributed by atoms with van der Waals surface area (Å²) in [6, 6.07) is 3.25. The topological polar surface area (TPSA) is 48.6 Å². The molecule has 0 saturated carbocycles. The highest BCUT2D eigenvalue weighted by Gasteiger charge is 2.33. The lowest BCUT2D eigenvalue weighted by Gasteiger charge is -2.36. The van der Waals surface area contributed by atoms with Crippen molar-refractivity contribution in [3.05, 3.63) is 23.2 Å². The maximum Gasteiger partial charge on any atom is 0.107 e. The van der Waals surface area contributed by atoms with Gasteiger partial charge in [0.05, 0.1) is 0 Å². The standard InChI is InChI=1S/C17H28N2O2/c1-12-9-16(13(2)21-12)17(3,20)11-18-14-6-8-19-7-4-5-15(19)10-14/h9,14-15,18,20H,4-8,10-11H2,1-3H3. The van der Waals surface area contributed by atoms with Gasteiger partial charge in [0.2, 0.25) is 0 Å². The number of hydrogen-bond acceptors (Lipinski definition) is 4. The monoisotopic (exact) mass is 292 g/mol. The molecule has 1 aromatic rings. The minimum absolute atomic E-state index is 0.532. The summed E-state index contributed by atoms with van der Waals surface area (Å²) in [5.41, 5.74) is 0.0417. The van der Waals surface area contributed by atoms with Gasteiger partial charge in [0.25, 0.3) is 0 Å². The van der Waals surface area contributed by atoms with Gasteiger partial charge in [-0.15, -0.1) is 0 Å². The van der Waals surface area contributed by atoms with Gasteiger partial charge in [0, 0.05) is 24.2 Å². The number of furan rings is 1. The Kier molecular flexibility index (Phi) is 4.12. The van der Waals surface area contributed by atoms with Gasteiger partial charge in [-0.05, 0) is 65.6 Å². The van der Waals surface area contributed by atoms with Crippen LogP contribution in [0.1, 0.15) is 49.7 Å². The van der Waals surface area contributed by atoms with Gasteiger partial charge in [-0.1, -0.05) is 0 Å². The molecule has 1 aromatic heterocycles. The van der Waals surface area contributed by atoms with Gasteiger partial charge >= 0.3 is 0 Å². The molecule has 118 valence electrons. The first-order valence-corrected chi connectivity index (χ1v) is 8.23. The predicted molar refractivity (Wildman–Crippen MR) is 83.4 cm³/mol. The maximum atomic E-state index is 10.8. The number of fused-ring (bicyclic) bond motifs is 1. The van der Waals surface area contributed by atoms with E-state index in [0.29, 0.717) is 12.6 Å². The highest BCUT2D eigenvalue weighted by molar-refractivity contribution is 5.26. The Hall–Kier alpha value is -0.840. The minimum atomic E-state index is -0.866. The van der Waals surface area contributed by atoms with Gasteiger partial charge in [-0.25, -0.2) is 0 Å². The van der Waals surface area contributed by atoms with E-state index >= 15 is 0 Å². The second-order valence-electron chi connectivity index (χ2n) is 7.03. The van der Waals surface area contributed by atoms with Crippen molar-refractivity contribution >= 4 is 0 Å². The molecule has 4 heteroatoms. The molecule has 0 radical (unpaired) electrons. The van der Waals surface area contributed by atoms with E-state index in [0.717, 1.165) is 23.1 Å². The van der Waals surface area contributed by atoms with E-state index in [1.54, 1.807) is 0 Å². The zero-order chi connectivity index (χ0) is 15.0. The average molecular weight is 292 g/mol. The van der Waals surface area contributed by atoms with Crippen LogP contribution in [0, 0.1) is 13.8 Å². The lowest BCUT2D eigenvalue weighted by Crippen LogP contribution is -2.48. The third-order valence-electron chi connectivity index (χ3n) is 5.18. The fourth-order valence-corrected chi connectivity index (χ4v) is 4.01. The quantitative estimate of drug-likeness (QED) is 0.894. The molecule has 3 rings (SSSR count). The molecule has 0 aliphatic carbocycles. The number of nitrogens with one attached hydrogen (secondary N) is 1. The molecule has 2 fully saturated rings. The highest BCUT2D eigenvalue weighted by atomic mass is 16.3. The van der Waals surface area contributed by atoms with Gasteiger partial charge in [0.1, 0.15) is 17.1 Å². The number of aryl methyl sites for hydroxylation is 2. The van der Waals surface area contributed by atoms with E-state index in [-0.39, 0.29) is 0 Å². The van der Waals surface area contributed by atoms with Crippen molar-refractivity contribution in [1.29, 1.82) is 0 Å². The summed E-state index contributed by atoms with van der Waals surface area (Å²) < 4.78 is 5.55. The summed E-state index contributed by atoms with van der Waals surface area (Å²) in [5.74, 6) is 1.69. The number of hydrogen-bond donors (Lipinski definition) is 2. The first kappa shape index (κ1) is 15.1. The molecule has 2 N–H and O–H groups in total. The van der Waals surface area contributed by atoms with E-state index in [2.05, 4.69) is 10.2 Å². The van der Waals surface area contributed by atoms with Crippen molar-refractivity contribution in [2.45, 2.75) is 64.1 Å². The number of piperidine rings is 1. The van der Waals surface area contributed by atoms with Gasteiger partial charge in [-0.2, -0.15) is 0 Å². The van der Waals surface area contributed by atoms with Gasteiger partial charge in [-0.3, -0.25) is 0 Å². The van der Waals surface area contributed by atoms with Crippen LogP contribution >= 0.6 is 0 Å². The van der Waals surface area contributed by atoms with E-state index < -0.39 is 5.60 Å². The molecule has 4 nitrogen and oxygen atoms in total. The lowest BCUT2D eigenvalue weighted by molar-refractivity contribution is 0.0470. The molecule has 2 aliphatic heterocycles. The smallest absolute Gasteiger partial charge is 0.107 e. The first-order chi connectivity index (χ1) is 9.95. The van der Waals surface area contributed by atoms with Crippen molar-refractivity contribution in [2.24, 2.45) is 0 Å². The van der Waals surface area contributed by atoms with Crippen molar-refractivity contribution in [3.8, 4) is 0 Å². The fourth-order valence-electron chi connectivity index (χ4n) is 4.01. The highest BCUT2D eigenvalue weighted by Crippen LogP contribution is 2.29. The SMILES string of the molecule is Cc1cc(C(C)(O)CNC2CCN3CCCC3C2)c(C)o1. The van der Waals surface area contributed by atoms with Crippen molar-refractivity contribution in [1.82, 2.24) is 10.2 Å². The Bertz CT molecular complexity index is 495. The molecule has 0 aromatic carbocycles. The summed E-state index contributed by atoms with van der Waals surface area (Å²) in [6.45, 7) is 8.80. The van der Waals surface area contributed by atoms with Crippen molar-refractivity contribution < 1.29 is 9.52 Å². The van der Waals surface area contributed by atoms with Crippen LogP contribution in [0.3, 0.4) is 0 Å². The first-order valence-electron chi connectivity index (χ1n) is 8.23. The van der Waals surface area contributed by atoms with E-state index in [9.17, 15) is 5.11 Å². The van der Waals surface area contributed by atoms with E-state index in [4.69, 9.17) is 4.42 Å². The molecule has 2 saturated heterocycles. The minimum Gasteiger partial charge on any atom is -0.466 e. The lowest BCUT2D eigenvalue weighted by atomic mass is 9.93. The van der Waals surface area contributed by atoms with Crippen LogP contribution in [0.2, 0.25) is 0 Å². The molecule has 21 heavy (non-hydrogen) atoms. The van der Waals surface area contributed by atoms with Crippen LogP contribution in [0.15, 0.2) is 10.5 Å². The summed E-state index contributed by atoms with van der Waals surface area (Å²) in [5, 5.41) is 14.4. The Morgan fingerprint density at radius 3 is 2.90 bits per heavy atom. The van der Waals surface area contributed by atoms with Gasteiger partial charge in [0.15, 0.2) is 0 Å². The maximum absolute atomic E-state index is 10.8. The molecule has 3 atom stereocenters. The third kappa shape index (κ3) is 3.17. The van der Waals surface area contributed by atoms with Crippen molar-refractivity contribution in [3.63, 3.8) is 0 Å². The molecule has 2 aliphatic rings. The van der Waals surface area contributed by atoms with Crippen LogP contribution in [0.4, 0.5) is 0 Å². The van der Waals surface area contributed by atoms with Crippen LogP contribution in [-0.4, -0.2) is 41.7 Å². The average Bonchev–Trinajstić information content (AvgIpc) is 3.02.